The summed E-state index contributed by atoms with van der Waals surface area (Å²) in [5.41, 5.74) is 8.15. The van der Waals surface area contributed by atoms with Gasteiger partial charge in [-0.2, -0.15) is 0 Å². The summed E-state index contributed by atoms with van der Waals surface area (Å²) < 4.78 is 10.8. The van der Waals surface area contributed by atoms with Gasteiger partial charge in [0, 0.05) is 70.5 Å². The van der Waals surface area contributed by atoms with Crippen LogP contribution in [0.2, 0.25) is 0 Å². The van der Waals surface area contributed by atoms with E-state index in [4.69, 9.17) is 15.2 Å². The molecule has 2 amide bonds. The summed E-state index contributed by atoms with van der Waals surface area (Å²) in [7, 11) is 0. The fourth-order valence-electron chi connectivity index (χ4n) is 7.43. The van der Waals surface area contributed by atoms with E-state index in [1.165, 1.54) is 38.5 Å². The lowest BCUT2D eigenvalue weighted by Gasteiger charge is -2.41. The Morgan fingerprint density at radius 3 is 1.50 bits per heavy atom. The number of rotatable bonds is 6. The molecule has 2 N–H and O–H groups in total. The van der Waals surface area contributed by atoms with Gasteiger partial charge in [0.15, 0.2) is 0 Å². The zero-order valence-corrected chi connectivity index (χ0v) is 27.8. The Labute approximate surface area is 276 Å². The molecule has 0 bridgehead atoms. The number of piperazine rings is 2. The Morgan fingerprint density at radius 1 is 0.630 bits per heavy atom. The van der Waals surface area contributed by atoms with Crippen molar-refractivity contribution < 1.29 is 19.1 Å². The molecule has 9 nitrogen and oxygen atoms in total. The standard InChI is InChI=1S/C19H28N2O2.C18H27N3O2/c1-16-6-5-9-18(14-16)20-10-12-21(13-11-20)19(22)23-15-17-7-3-2-4-8-17;19-16-7-4-8-17(13-16)20-9-11-21(12-10-20)18(22)23-14-15-5-2-1-3-6-15/h2-4,7-8,16,18H,5-6,9-15H2,1H3;1-3,5-6,16-17H,4,7-14,19H2/t16-,18+;16-,17+/m11/s1. The minimum Gasteiger partial charge on any atom is -0.445 e. The van der Waals surface area contributed by atoms with E-state index in [0.717, 1.165) is 88.3 Å². The van der Waals surface area contributed by atoms with Crippen LogP contribution in [0.15, 0.2) is 60.7 Å². The maximum absolute atomic E-state index is 12.2. The van der Waals surface area contributed by atoms with E-state index in [2.05, 4.69) is 16.7 Å². The largest absolute Gasteiger partial charge is 0.445 e. The molecule has 2 saturated heterocycles. The molecule has 2 aromatic carbocycles. The van der Waals surface area contributed by atoms with Crippen LogP contribution >= 0.6 is 0 Å². The Hall–Kier alpha value is -3.14. The second kappa shape index (κ2) is 17.7. The highest BCUT2D eigenvalue weighted by atomic mass is 16.6. The quantitative estimate of drug-likeness (QED) is 0.435. The van der Waals surface area contributed by atoms with E-state index in [0.29, 0.717) is 25.3 Å². The van der Waals surface area contributed by atoms with Crippen LogP contribution in [0.4, 0.5) is 9.59 Å². The first-order valence-corrected chi connectivity index (χ1v) is 17.6. The summed E-state index contributed by atoms with van der Waals surface area (Å²) in [4.78, 5) is 33.1. The van der Waals surface area contributed by atoms with E-state index in [-0.39, 0.29) is 12.2 Å². The fourth-order valence-corrected chi connectivity index (χ4v) is 7.43. The second-order valence-corrected chi connectivity index (χ2v) is 13.6. The van der Waals surface area contributed by atoms with Gasteiger partial charge in [0.1, 0.15) is 13.2 Å². The Kier molecular flexibility index (Phi) is 13.2. The van der Waals surface area contributed by atoms with Gasteiger partial charge in [-0.3, -0.25) is 9.80 Å². The number of hydrogen-bond acceptors (Lipinski definition) is 7. The van der Waals surface area contributed by atoms with Crippen molar-refractivity contribution in [2.24, 2.45) is 11.7 Å². The number of ether oxygens (including phenoxy) is 2. The monoisotopic (exact) mass is 633 g/mol. The first kappa shape index (κ1) is 34.2. The number of amides is 2. The van der Waals surface area contributed by atoms with Crippen molar-refractivity contribution in [1.29, 1.82) is 0 Å². The summed E-state index contributed by atoms with van der Waals surface area (Å²) in [5.74, 6) is 0.850. The Bertz CT molecular complexity index is 1090. The van der Waals surface area contributed by atoms with Gasteiger partial charge >= 0.3 is 12.2 Å². The van der Waals surface area contributed by atoms with Crippen molar-refractivity contribution in [3.8, 4) is 0 Å². The van der Waals surface area contributed by atoms with Gasteiger partial charge in [-0.25, -0.2) is 9.59 Å². The SMILES string of the molecule is C[C@@H]1CCC[C@H](N2CCN(C(=O)OCc3ccccc3)CC2)C1.N[C@@H]1CCC[C@H](N2CCN(C(=O)OCc3ccccc3)CC2)C1. The second-order valence-electron chi connectivity index (χ2n) is 13.6. The van der Waals surface area contributed by atoms with Gasteiger partial charge in [-0.05, 0) is 49.1 Å². The summed E-state index contributed by atoms with van der Waals surface area (Å²) in [6, 6.07) is 21.3. The maximum atomic E-state index is 12.2. The molecule has 252 valence electrons. The van der Waals surface area contributed by atoms with Crippen LogP contribution in [0.1, 0.15) is 69.4 Å². The van der Waals surface area contributed by atoms with Crippen LogP contribution in [0, 0.1) is 5.92 Å². The van der Waals surface area contributed by atoms with Crippen LogP contribution in [0.5, 0.6) is 0 Å². The number of benzene rings is 2. The molecule has 0 unspecified atom stereocenters. The molecule has 4 fully saturated rings. The zero-order chi connectivity index (χ0) is 32.1. The molecule has 46 heavy (non-hydrogen) atoms. The lowest BCUT2D eigenvalue weighted by Crippen LogP contribution is -2.53. The van der Waals surface area contributed by atoms with Crippen LogP contribution in [-0.2, 0) is 22.7 Å². The van der Waals surface area contributed by atoms with E-state index in [1.54, 1.807) is 0 Å². The van der Waals surface area contributed by atoms with Crippen molar-refractivity contribution in [2.45, 2.75) is 89.6 Å². The topological polar surface area (TPSA) is 91.6 Å². The first-order valence-electron chi connectivity index (χ1n) is 17.6. The Morgan fingerprint density at radius 2 is 1.07 bits per heavy atom. The van der Waals surface area contributed by atoms with Crippen LogP contribution in [-0.4, -0.2) is 102 Å². The molecule has 0 spiro atoms. The average molecular weight is 634 g/mol. The summed E-state index contributed by atoms with van der Waals surface area (Å²) in [6.07, 6.45) is 9.71. The van der Waals surface area contributed by atoms with Crippen LogP contribution in [0.3, 0.4) is 0 Å². The molecule has 2 saturated carbocycles. The molecule has 2 aromatic rings. The molecule has 0 radical (unpaired) electrons. The van der Waals surface area contributed by atoms with Gasteiger partial charge in [-0.1, -0.05) is 86.8 Å². The van der Waals surface area contributed by atoms with Crippen molar-refractivity contribution in [3.05, 3.63) is 71.8 Å². The van der Waals surface area contributed by atoms with E-state index < -0.39 is 0 Å². The normalized spacial score (nSPS) is 26.0. The predicted octanol–water partition coefficient (Wildman–Crippen LogP) is 5.73. The third-order valence-corrected chi connectivity index (χ3v) is 10.2. The van der Waals surface area contributed by atoms with Gasteiger partial charge in [0.25, 0.3) is 0 Å². The number of carbonyl (C=O) groups is 2. The highest BCUT2D eigenvalue weighted by Crippen LogP contribution is 2.28. The van der Waals surface area contributed by atoms with Gasteiger partial charge in [-0.15, -0.1) is 0 Å². The molecule has 0 aromatic heterocycles. The van der Waals surface area contributed by atoms with E-state index in [9.17, 15) is 9.59 Å². The first-order chi connectivity index (χ1) is 22.4. The molecular weight excluding hydrogens is 578 g/mol. The fraction of sp³-hybridized carbons (Fsp3) is 0.622. The minimum atomic E-state index is -0.200. The third-order valence-electron chi connectivity index (χ3n) is 10.2. The number of hydrogen-bond donors (Lipinski definition) is 1. The molecule has 9 heteroatoms. The number of carbonyl (C=O) groups excluding carboxylic acids is 2. The predicted molar refractivity (Wildman–Crippen MR) is 181 cm³/mol. The number of nitrogens with zero attached hydrogens (tertiary/aromatic N) is 4. The molecule has 6 rings (SSSR count). The molecule has 2 heterocycles. The molecule has 2 aliphatic carbocycles. The van der Waals surface area contributed by atoms with E-state index in [1.807, 2.05) is 70.5 Å². The molecule has 4 atom stereocenters. The van der Waals surface area contributed by atoms with E-state index >= 15 is 0 Å². The smallest absolute Gasteiger partial charge is 0.410 e. The van der Waals surface area contributed by atoms with Crippen LogP contribution < -0.4 is 5.73 Å². The summed E-state index contributed by atoms with van der Waals surface area (Å²) >= 11 is 0. The van der Waals surface area contributed by atoms with Crippen LogP contribution in [0.25, 0.3) is 0 Å². The van der Waals surface area contributed by atoms with Gasteiger partial charge in [0.2, 0.25) is 0 Å². The van der Waals surface area contributed by atoms with Gasteiger partial charge in [0.05, 0.1) is 0 Å². The average Bonchev–Trinajstić information content (AvgIpc) is 3.11. The number of nitrogens with two attached hydrogens (primary N) is 1. The molecular formula is C37H55N5O4. The molecule has 4 aliphatic rings. The highest BCUT2D eigenvalue weighted by Gasteiger charge is 2.31. The lowest BCUT2D eigenvalue weighted by molar-refractivity contribution is 0.0481. The maximum Gasteiger partial charge on any atom is 0.410 e. The highest BCUT2D eigenvalue weighted by molar-refractivity contribution is 5.68. The third kappa shape index (κ3) is 10.4. The summed E-state index contributed by atoms with van der Waals surface area (Å²) in [6.45, 7) is 9.97. The molecule has 2 aliphatic heterocycles. The van der Waals surface area contributed by atoms with Crippen molar-refractivity contribution in [2.75, 3.05) is 52.4 Å². The summed E-state index contributed by atoms with van der Waals surface area (Å²) in [5, 5.41) is 0. The van der Waals surface area contributed by atoms with Crippen molar-refractivity contribution in [3.63, 3.8) is 0 Å². The minimum absolute atomic E-state index is 0.175. The zero-order valence-electron chi connectivity index (χ0n) is 27.8. The van der Waals surface area contributed by atoms with Crippen molar-refractivity contribution in [1.82, 2.24) is 19.6 Å². The lowest BCUT2D eigenvalue weighted by atomic mass is 9.86. The van der Waals surface area contributed by atoms with Gasteiger partial charge < -0.3 is 25.0 Å². The Balaban J connectivity index is 0.000000181. The van der Waals surface area contributed by atoms with Crippen molar-refractivity contribution >= 4 is 12.2 Å².